The Hall–Kier alpha value is -2.36. The van der Waals surface area contributed by atoms with Crippen molar-refractivity contribution in [1.82, 2.24) is 15.0 Å². The number of aromatic nitrogens is 3. The number of hydrogen-bond acceptors (Lipinski definition) is 5. The molecule has 1 aromatic heterocycles. The van der Waals surface area contributed by atoms with Crippen LogP contribution >= 0.6 is 0 Å². The first-order valence-electron chi connectivity index (χ1n) is 7.83. The van der Waals surface area contributed by atoms with Crippen molar-refractivity contribution in [2.45, 2.75) is 26.7 Å². The van der Waals surface area contributed by atoms with Crippen LogP contribution in [-0.2, 0) is 16.0 Å². The molecule has 0 bridgehead atoms. The minimum atomic E-state index is -0.293. The standard InChI is InChI=1S/C18H21N3O3/c1-18(2)12-23-17(24-13-18)11-21-10-15(19-20-21)8-7-14-5-4-6-16(9-14)22-3/h4-6,9-10,17H,11-13H2,1-3H3. The Morgan fingerprint density at radius 2 is 2.08 bits per heavy atom. The second kappa shape index (κ2) is 7.04. The molecule has 1 aromatic carbocycles. The van der Waals surface area contributed by atoms with Gasteiger partial charge in [-0.15, -0.1) is 5.10 Å². The summed E-state index contributed by atoms with van der Waals surface area (Å²) in [5.74, 6) is 6.83. The van der Waals surface area contributed by atoms with Gasteiger partial charge < -0.3 is 14.2 Å². The first kappa shape index (κ1) is 16.5. The van der Waals surface area contributed by atoms with E-state index in [4.69, 9.17) is 14.2 Å². The molecular weight excluding hydrogens is 306 g/mol. The van der Waals surface area contributed by atoms with E-state index in [1.807, 2.05) is 24.3 Å². The number of nitrogens with zero attached hydrogens (tertiary/aromatic N) is 3. The molecule has 0 N–H and O–H groups in total. The highest BCUT2D eigenvalue weighted by atomic mass is 16.7. The zero-order valence-corrected chi connectivity index (χ0v) is 14.2. The average molecular weight is 327 g/mol. The SMILES string of the molecule is COc1cccc(C#Cc2cn(CC3OCC(C)(C)CO3)nn2)c1. The van der Waals surface area contributed by atoms with Crippen molar-refractivity contribution < 1.29 is 14.2 Å². The monoisotopic (exact) mass is 327 g/mol. The normalized spacial score (nSPS) is 17.1. The van der Waals surface area contributed by atoms with E-state index in [9.17, 15) is 0 Å². The smallest absolute Gasteiger partial charge is 0.177 e. The molecule has 6 heteroatoms. The quantitative estimate of drug-likeness (QED) is 0.808. The Morgan fingerprint density at radius 3 is 2.83 bits per heavy atom. The zero-order chi connectivity index (χ0) is 17.0. The first-order valence-corrected chi connectivity index (χ1v) is 7.83. The summed E-state index contributed by atoms with van der Waals surface area (Å²) in [6, 6.07) is 7.58. The summed E-state index contributed by atoms with van der Waals surface area (Å²) in [7, 11) is 1.63. The maximum Gasteiger partial charge on any atom is 0.177 e. The highest BCUT2D eigenvalue weighted by Gasteiger charge is 2.28. The van der Waals surface area contributed by atoms with Gasteiger partial charge in [-0.1, -0.05) is 31.0 Å². The molecule has 0 aliphatic carbocycles. The Morgan fingerprint density at radius 1 is 1.29 bits per heavy atom. The van der Waals surface area contributed by atoms with Gasteiger partial charge in [-0.05, 0) is 24.1 Å². The van der Waals surface area contributed by atoms with Crippen molar-refractivity contribution in [3.8, 4) is 17.6 Å². The number of ether oxygens (including phenoxy) is 3. The summed E-state index contributed by atoms with van der Waals surface area (Å²) in [6.07, 6.45) is 1.50. The third-order valence-electron chi connectivity index (χ3n) is 3.60. The third kappa shape index (κ3) is 4.34. The largest absolute Gasteiger partial charge is 0.497 e. The van der Waals surface area contributed by atoms with Crippen LogP contribution in [-0.4, -0.2) is 41.6 Å². The lowest BCUT2D eigenvalue weighted by molar-refractivity contribution is -0.227. The van der Waals surface area contributed by atoms with Crippen LogP contribution < -0.4 is 4.74 Å². The molecular formula is C18H21N3O3. The van der Waals surface area contributed by atoms with Crippen LogP contribution in [0.2, 0.25) is 0 Å². The summed E-state index contributed by atoms with van der Waals surface area (Å²) >= 11 is 0. The van der Waals surface area contributed by atoms with E-state index in [2.05, 4.69) is 36.0 Å². The van der Waals surface area contributed by atoms with Crippen molar-refractivity contribution >= 4 is 0 Å². The molecule has 126 valence electrons. The van der Waals surface area contributed by atoms with Gasteiger partial charge in [0.2, 0.25) is 0 Å². The number of rotatable bonds is 3. The fourth-order valence-corrected chi connectivity index (χ4v) is 2.27. The molecule has 0 radical (unpaired) electrons. The van der Waals surface area contributed by atoms with Gasteiger partial charge in [-0.25, -0.2) is 4.68 Å². The Bertz CT molecular complexity index is 748. The fraction of sp³-hybridized carbons (Fsp3) is 0.444. The molecule has 0 amide bonds. The Kier molecular flexibility index (Phi) is 4.84. The maximum atomic E-state index is 5.70. The predicted octanol–water partition coefficient (Wildman–Crippen LogP) is 2.09. The van der Waals surface area contributed by atoms with Crippen LogP contribution in [0.1, 0.15) is 25.1 Å². The molecule has 6 nitrogen and oxygen atoms in total. The number of methoxy groups -OCH3 is 1. The van der Waals surface area contributed by atoms with E-state index in [-0.39, 0.29) is 11.7 Å². The zero-order valence-electron chi connectivity index (χ0n) is 14.2. The second-order valence-electron chi connectivity index (χ2n) is 6.52. The van der Waals surface area contributed by atoms with E-state index < -0.39 is 0 Å². The Balaban J connectivity index is 1.61. The van der Waals surface area contributed by atoms with E-state index in [1.165, 1.54) is 0 Å². The van der Waals surface area contributed by atoms with Crippen LogP contribution in [0, 0.1) is 17.3 Å². The van der Waals surface area contributed by atoms with Gasteiger partial charge in [0.05, 0.1) is 33.1 Å². The summed E-state index contributed by atoms with van der Waals surface area (Å²) < 4.78 is 18.3. The summed E-state index contributed by atoms with van der Waals surface area (Å²) in [5.41, 5.74) is 1.53. The van der Waals surface area contributed by atoms with Gasteiger partial charge in [0.1, 0.15) is 5.75 Å². The van der Waals surface area contributed by atoms with Crippen LogP contribution in [0.4, 0.5) is 0 Å². The molecule has 1 aliphatic rings. The minimum Gasteiger partial charge on any atom is -0.497 e. The minimum absolute atomic E-state index is 0.0617. The number of hydrogen-bond donors (Lipinski definition) is 0. The number of benzene rings is 1. The van der Waals surface area contributed by atoms with Gasteiger partial charge in [0, 0.05) is 11.0 Å². The van der Waals surface area contributed by atoms with E-state index in [0.717, 1.165) is 11.3 Å². The highest BCUT2D eigenvalue weighted by Crippen LogP contribution is 2.23. The Labute approximate surface area is 141 Å². The van der Waals surface area contributed by atoms with Gasteiger partial charge in [-0.2, -0.15) is 0 Å². The molecule has 0 spiro atoms. The topological polar surface area (TPSA) is 58.4 Å². The van der Waals surface area contributed by atoms with Gasteiger partial charge in [-0.3, -0.25) is 0 Å². The molecule has 3 rings (SSSR count). The van der Waals surface area contributed by atoms with Crippen molar-refractivity contribution in [2.75, 3.05) is 20.3 Å². The van der Waals surface area contributed by atoms with Crippen LogP contribution in [0.15, 0.2) is 30.5 Å². The molecule has 1 aliphatic heterocycles. The maximum absolute atomic E-state index is 5.70. The molecule has 1 fully saturated rings. The average Bonchev–Trinajstić information content (AvgIpc) is 3.03. The lowest BCUT2D eigenvalue weighted by Gasteiger charge is -2.34. The summed E-state index contributed by atoms with van der Waals surface area (Å²) in [5, 5.41) is 8.14. The molecule has 0 atom stereocenters. The van der Waals surface area contributed by atoms with Gasteiger partial charge >= 0.3 is 0 Å². The summed E-state index contributed by atoms with van der Waals surface area (Å²) in [6.45, 7) is 6.09. The van der Waals surface area contributed by atoms with Gasteiger partial charge in [0.15, 0.2) is 12.0 Å². The molecule has 2 heterocycles. The lowest BCUT2D eigenvalue weighted by Crippen LogP contribution is -2.39. The molecule has 0 unspecified atom stereocenters. The van der Waals surface area contributed by atoms with Crippen molar-refractivity contribution in [1.29, 1.82) is 0 Å². The second-order valence-corrected chi connectivity index (χ2v) is 6.52. The van der Waals surface area contributed by atoms with E-state index >= 15 is 0 Å². The van der Waals surface area contributed by atoms with Crippen LogP contribution in [0.3, 0.4) is 0 Å². The summed E-state index contributed by atoms with van der Waals surface area (Å²) in [4.78, 5) is 0. The highest BCUT2D eigenvalue weighted by molar-refractivity contribution is 5.42. The van der Waals surface area contributed by atoms with Crippen LogP contribution in [0.25, 0.3) is 0 Å². The molecule has 2 aromatic rings. The third-order valence-corrected chi connectivity index (χ3v) is 3.60. The predicted molar refractivity (Wildman–Crippen MR) is 88.5 cm³/mol. The van der Waals surface area contributed by atoms with Crippen molar-refractivity contribution in [2.24, 2.45) is 5.41 Å². The van der Waals surface area contributed by atoms with Crippen molar-refractivity contribution in [3.05, 3.63) is 41.7 Å². The van der Waals surface area contributed by atoms with E-state index in [0.29, 0.717) is 25.5 Å². The molecule has 24 heavy (non-hydrogen) atoms. The molecule has 0 saturated carbocycles. The van der Waals surface area contributed by atoms with Gasteiger partial charge in [0.25, 0.3) is 0 Å². The molecule has 1 saturated heterocycles. The first-order chi connectivity index (χ1) is 11.5. The van der Waals surface area contributed by atoms with Crippen LogP contribution in [0.5, 0.6) is 5.75 Å². The van der Waals surface area contributed by atoms with E-state index in [1.54, 1.807) is 18.0 Å². The fourth-order valence-electron chi connectivity index (χ4n) is 2.27. The van der Waals surface area contributed by atoms with Crippen molar-refractivity contribution in [3.63, 3.8) is 0 Å². The lowest BCUT2D eigenvalue weighted by atomic mass is 9.96.